The van der Waals surface area contributed by atoms with Gasteiger partial charge in [-0.15, -0.1) is 0 Å². The molecule has 5 rings (SSSR count). The van der Waals surface area contributed by atoms with Crippen LogP contribution in [0.2, 0.25) is 0 Å². The van der Waals surface area contributed by atoms with E-state index < -0.39 is 0 Å². The first-order chi connectivity index (χ1) is 16.7. The molecular weight excluding hydrogens is 422 g/mol. The topological polar surface area (TPSA) is 62.2 Å². The van der Waals surface area contributed by atoms with Crippen LogP contribution in [0.4, 0.5) is 5.95 Å². The average molecular weight is 456 g/mol. The van der Waals surface area contributed by atoms with Crippen molar-refractivity contribution in [1.82, 2.24) is 19.9 Å². The molecule has 0 unspecified atom stereocenters. The summed E-state index contributed by atoms with van der Waals surface area (Å²) in [5.74, 6) is 1.11. The number of rotatable bonds is 5. The standard InChI is InChI=1S/C28H33N5O/c1-21-19-26(31-28(29-21)33-15-6-3-7-16-33)27(34)32-17-13-23(14-18-32)25-12-8-11-24(30-25)20-22-9-4-2-5-10-22/h2,4-5,8-12,19,23H,3,6-7,13-18,20H2,1H3. The fraction of sp³-hybridized carbons (Fsp3) is 0.429. The third-order valence-corrected chi connectivity index (χ3v) is 6.96. The van der Waals surface area contributed by atoms with E-state index in [0.717, 1.165) is 75.4 Å². The largest absolute Gasteiger partial charge is 0.341 e. The van der Waals surface area contributed by atoms with Crippen molar-refractivity contribution in [3.63, 3.8) is 0 Å². The van der Waals surface area contributed by atoms with E-state index in [1.54, 1.807) is 0 Å². The molecule has 176 valence electrons. The van der Waals surface area contributed by atoms with Crippen molar-refractivity contribution < 1.29 is 4.79 Å². The van der Waals surface area contributed by atoms with Crippen molar-refractivity contribution in [2.75, 3.05) is 31.1 Å². The van der Waals surface area contributed by atoms with E-state index in [1.807, 2.05) is 24.0 Å². The van der Waals surface area contributed by atoms with Crippen LogP contribution in [-0.2, 0) is 6.42 Å². The molecule has 4 heterocycles. The minimum atomic E-state index is 0.0213. The number of hydrogen-bond donors (Lipinski definition) is 0. The van der Waals surface area contributed by atoms with Crippen LogP contribution >= 0.6 is 0 Å². The van der Waals surface area contributed by atoms with Crippen molar-refractivity contribution in [3.05, 3.63) is 82.9 Å². The number of piperidine rings is 2. The second-order valence-electron chi connectivity index (χ2n) is 9.52. The molecule has 3 aromatic rings. The fourth-order valence-corrected chi connectivity index (χ4v) is 5.07. The Labute approximate surface area is 202 Å². The van der Waals surface area contributed by atoms with Gasteiger partial charge in [0.05, 0.1) is 0 Å². The van der Waals surface area contributed by atoms with Gasteiger partial charge in [-0.3, -0.25) is 9.78 Å². The normalized spacial score (nSPS) is 17.1. The summed E-state index contributed by atoms with van der Waals surface area (Å²) in [7, 11) is 0. The first-order valence-electron chi connectivity index (χ1n) is 12.6. The van der Waals surface area contributed by atoms with E-state index in [9.17, 15) is 4.79 Å². The highest BCUT2D eigenvalue weighted by Crippen LogP contribution is 2.28. The Kier molecular flexibility index (Phi) is 6.84. The zero-order chi connectivity index (χ0) is 23.3. The van der Waals surface area contributed by atoms with Crippen molar-refractivity contribution in [1.29, 1.82) is 0 Å². The van der Waals surface area contributed by atoms with Crippen molar-refractivity contribution in [3.8, 4) is 0 Å². The monoisotopic (exact) mass is 455 g/mol. The van der Waals surface area contributed by atoms with Crippen LogP contribution in [0.1, 0.15) is 71.2 Å². The number of benzene rings is 1. The second kappa shape index (κ2) is 10.3. The number of carbonyl (C=O) groups is 1. The summed E-state index contributed by atoms with van der Waals surface area (Å²) in [5.41, 5.74) is 4.90. The summed E-state index contributed by atoms with van der Waals surface area (Å²) >= 11 is 0. The number of anilines is 1. The van der Waals surface area contributed by atoms with Gasteiger partial charge in [0.15, 0.2) is 0 Å². The fourth-order valence-electron chi connectivity index (χ4n) is 5.07. The lowest BCUT2D eigenvalue weighted by atomic mass is 9.92. The van der Waals surface area contributed by atoms with Crippen LogP contribution in [0.3, 0.4) is 0 Å². The van der Waals surface area contributed by atoms with E-state index in [1.165, 1.54) is 12.0 Å². The van der Waals surface area contributed by atoms with Crippen molar-refractivity contribution in [2.45, 2.75) is 51.4 Å². The van der Waals surface area contributed by atoms with Crippen LogP contribution in [0, 0.1) is 6.92 Å². The van der Waals surface area contributed by atoms with Gasteiger partial charge in [0.1, 0.15) is 5.69 Å². The maximum absolute atomic E-state index is 13.3. The molecule has 0 spiro atoms. The summed E-state index contributed by atoms with van der Waals surface area (Å²) in [6, 6.07) is 18.6. The minimum absolute atomic E-state index is 0.0213. The highest BCUT2D eigenvalue weighted by atomic mass is 16.2. The van der Waals surface area contributed by atoms with Gasteiger partial charge in [0.25, 0.3) is 5.91 Å². The molecule has 0 N–H and O–H groups in total. The molecule has 0 aliphatic carbocycles. The molecule has 0 bridgehead atoms. The summed E-state index contributed by atoms with van der Waals surface area (Å²) < 4.78 is 0. The van der Waals surface area contributed by atoms with Crippen LogP contribution in [0.5, 0.6) is 0 Å². The average Bonchev–Trinajstić information content (AvgIpc) is 2.89. The number of hydrogen-bond acceptors (Lipinski definition) is 5. The van der Waals surface area contributed by atoms with Crippen LogP contribution in [-0.4, -0.2) is 51.9 Å². The second-order valence-corrected chi connectivity index (χ2v) is 9.52. The van der Waals surface area contributed by atoms with Gasteiger partial charge < -0.3 is 9.80 Å². The first kappa shape index (κ1) is 22.5. The van der Waals surface area contributed by atoms with Gasteiger partial charge in [0.2, 0.25) is 5.95 Å². The molecule has 6 heteroatoms. The Hall–Kier alpha value is -3.28. The molecule has 2 aromatic heterocycles. The highest BCUT2D eigenvalue weighted by Gasteiger charge is 2.27. The molecule has 2 aliphatic heterocycles. The maximum atomic E-state index is 13.3. The lowest BCUT2D eigenvalue weighted by Gasteiger charge is -2.32. The van der Waals surface area contributed by atoms with Crippen LogP contribution < -0.4 is 4.90 Å². The summed E-state index contributed by atoms with van der Waals surface area (Å²) in [6.45, 7) is 5.36. The first-order valence-corrected chi connectivity index (χ1v) is 12.6. The Morgan fingerprint density at radius 1 is 0.882 bits per heavy atom. The van der Waals surface area contributed by atoms with E-state index in [4.69, 9.17) is 4.98 Å². The number of pyridine rings is 1. The van der Waals surface area contributed by atoms with E-state index >= 15 is 0 Å². The number of carbonyl (C=O) groups excluding carboxylic acids is 1. The number of aromatic nitrogens is 3. The zero-order valence-corrected chi connectivity index (χ0v) is 20.0. The predicted octanol–water partition coefficient (Wildman–Crippen LogP) is 4.78. The van der Waals surface area contributed by atoms with Gasteiger partial charge in [-0.25, -0.2) is 9.97 Å². The van der Waals surface area contributed by atoms with Crippen LogP contribution in [0.15, 0.2) is 54.6 Å². The Morgan fingerprint density at radius 3 is 2.41 bits per heavy atom. The molecule has 1 aromatic carbocycles. The van der Waals surface area contributed by atoms with Gasteiger partial charge >= 0.3 is 0 Å². The molecule has 1 amide bonds. The number of nitrogens with zero attached hydrogens (tertiary/aromatic N) is 5. The maximum Gasteiger partial charge on any atom is 0.272 e. The lowest BCUT2D eigenvalue weighted by molar-refractivity contribution is 0.0706. The van der Waals surface area contributed by atoms with Crippen molar-refractivity contribution in [2.24, 2.45) is 0 Å². The predicted molar refractivity (Wildman–Crippen MR) is 134 cm³/mol. The third kappa shape index (κ3) is 5.27. The lowest BCUT2D eigenvalue weighted by Crippen LogP contribution is -2.39. The zero-order valence-electron chi connectivity index (χ0n) is 20.0. The molecule has 6 nitrogen and oxygen atoms in total. The van der Waals surface area contributed by atoms with E-state index in [2.05, 4.69) is 57.3 Å². The SMILES string of the molecule is Cc1cc(C(=O)N2CCC(c3cccc(Cc4ccccc4)n3)CC2)nc(N2CCCCC2)n1. The molecular formula is C28H33N5O. The van der Waals surface area contributed by atoms with Crippen LogP contribution in [0.25, 0.3) is 0 Å². The summed E-state index contributed by atoms with van der Waals surface area (Å²) in [6.07, 6.45) is 6.28. The Bertz CT molecular complexity index is 1120. The Balaban J connectivity index is 1.23. The molecule has 34 heavy (non-hydrogen) atoms. The summed E-state index contributed by atoms with van der Waals surface area (Å²) in [5, 5.41) is 0. The Morgan fingerprint density at radius 2 is 1.65 bits per heavy atom. The minimum Gasteiger partial charge on any atom is -0.341 e. The number of amides is 1. The quantitative estimate of drug-likeness (QED) is 0.554. The van der Waals surface area contributed by atoms with Gasteiger partial charge in [0, 0.05) is 55.6 Å². The smallest absolute Gasteiger partial charge is 0.272 e. The third-order valence-electron chi connectivity index (χ3n) is 6.96. The number of aryl methyl sites for hydroxylation is 1. The molecule has 0 radical (unpaired) electrons. The molecule has 2 aliphatic rings. The molecule has 2 fully saturated rings. The molecule has 0 atom stereocenters. The number of likely N-dealkylation sites (tertiary alicyclic amines) is 1. The summed E-state index contributed by atoms with van der Waals surface area (Å²) in [4.78, 5) is 31.7. The van der Waals surface area contributed by atoms with Crippen molar-refractivity contribution >= 4 is 11.9 Å². The molecule has 2 saturated heterocycles. The van der Waals surface area contributed by atoms with Gasteiger partial charge in [-0.2, -0.15) is 0 Å². The van der Waals surface area contributed by atoms with E-state index in [0.29, 0.717) is 17.6 Å². The van der Waals surface area contributed by atoms with E-state index in [-0.39, 0.29) is 5.91 Å². The van der Waals surface area contributed by atoms with Gasteiger partial charge in [-0.05, 0) is 62.8 Å². The van der Waals surface area contributed by atoms with Gasteiger partial charge in [-0.1, -0.05) is 36.4 Å². The molecule has 0 saturated carbocycles. The highest BCUT2D eigenvalue weighted by molar-refractivity contribution is 5.92.